The second-order valence-corrected chi connectivity index (χ2v) is 5.64. The van der Waals surface area contributed by atoms with Gasteiger partial charge in [-0.15, -0.1) is 0 Å². The molecule has 0 saturated heterocycles. The molecular formula is C21H16N2O. The van der Waals surface area contributed by atoms with Crippen LogP contribution in [0.2, 0.25) is 0 Å². The summed E-state index contributed by atoms with van der Waals surface area (Å²) in [7, 11) is 0. The smallest absolute Gasteiger partial charge is 0.251 e. The van der Waals surface area contributed by atoms with Crippen molar-refractivity contribution < 1.29 is 4.79 Å². The Balaban J connectivity index is 2.19. The lowest BCUT2D eigenvalue weighted by atomic mass is 10.0. The van der Waals surface area contributed by atoms with E-state index in [1.807, 2.05) is 84.9 Å². The van der Waals surface area contributed by atoms with Gasteiger partial charge in [-0.25, -0.2) is 0 Å². The van der Waals surface area contributed by atoms with Crippen molar-refractivity contribution in [3.05, 3.63) is 90.5 Å². The Labute approximate surface area is 140 Å². The predicted molar refractivity (Wildman–Crippen MR) is 97.2 cm³/mol. The second-order valence-electron chi connectivity index (χ2n) is 5.64. The quantitative estimate of drug-likeness (QED) is 0.599. The van der Waals surface area contributed by atoms with Gasteiger partial charge < -0.3 is 10.3 Å². The lowest BCUT2D eigenvalue weighted by Gasteiger charge is -2.12. The van der Waals surface area contributed by atoms with Gasteiger partial charge in [0.25, 0.3) is 5.91 Å². The second kappa shape index (κ2) is 5.70. The summed E-state index contributed by atoms with van der Waals surface area (Å²) in [5.41, 5.74) is 10.1. The fourth-order valence-electron chi connectivity index (χ4n) is 3.20. The first-order valence-electron chi connectivity index (χ1n) is 7.81. The number of aromatic nitrogens is 1. The predicted octanol–water partition coefficient (Wildman–Crippen LogP) is 4.40. The third-order valence-corrected chi connectivity index (χ3v) is 4.18. The number of nitrogens with two attached hydrogens (primary N) is 1. The molecule has 2 N–H and O–H groups in total. The maximum Gasteiger partial charge on any atom is 0.251 e. The molecule has 3 nitrogen and oxygen atoms in total. The molecule has 0 radical (unpaired) electrons. The monoisotopic (exact) mass is 312 g/mol. The Hall–Kier alpha value is -3.33. The number of primary amides is 1. The molecule has 116 valence electrons. The van der Waals surface area contributed by atoms with Gasteiger partial charge in [0.2, 0.25) is 0 Å². The van der Waals surface area contributed by atoms with Crippen molar-refractivity contribution in [2.24, 2.45) is 5.73 Å². The summed E-state index contributed by atoms with van der Waals surface area (Å²) in [5, 5.41) is 0.868. The third-order valence-electron chi connectivity index (χ3n) is 4.18. The molecule has 0 saturated carbocycles. The Morgan fingerprint density at radius 2 is 1.33 bits per heavy atom. The molecule has 0 aliphatic heterocycles. The number of carbonyl (C=O) groups excluding carboxylic acids is 1. The number of rotatable bonds is 3. The van der Waals surface area contributed by atoms with Crippen molar-refractivity contribution >= 4 is 16.8 Å². The molecule has 0 spiro atoms. The molecule has 0 aliphatic carbocycles. The van der Waals surface area contributed by atoms with Crippen LogP contribution in [-0.2, 0) is 0 Å². The molecule has 4 aromatic rings. The average Bonchev–Trinajstić information content (AvgIpc) is 2.98. The molecule has 4 rings (SSSR count). The van der Waals surface area contributed by atoms with Crippen LogP contribution < -0.4 is 5.73 Å². The lowest BCUT2D eigenvalue weighted by molar-refractivity contribution is 0.100. The van der Waals surface area contributed by atoms with Gasteiger partial charge in [-0.3, -0.25) is 4.79 Å². The van der Waals surface area contributed by atoms with Crippen molar-refractivity contribution in [3.63, 3.8) is 0 Å². The van der Waals surface area contributed by atoms with Crippen LogP contribution in [0.15, 0.2) is 84.9 Å². The van der Waals surface area contributed by atoms with Crippen LogP contribution in [0.25, 0.3) is 27.8 Å². The summed E-state index contributed by atoms with van der Waals surface area (Å²) in [6, 6.07) is 27.8. The van der Waals surface area contributed by atoms with Crippen molar-refractivity contribution in [1.82, 2.24) is 4.57 Å². The van der Waals surface area contributed by atoms with Crippen molar-refractivity contribution in [1.29, 1.82) is 0 Å². The molecule has 0 aliphatic rings. The number of hydrogen-bond donors (Lipinski definition) is 1. The van der Waals surface area contributed by atoms with E-state index in [1.54, 1.807) is 0 Å². The van der Waals surface area contributed by atoms with Gasteiger partial charge in [-0.05, 0) is 23.8 Å². The normalized spacial score (nSPS) is 10.8. The molecule has 0 atom stereocenters. The van der Waals surface area contributed by atoms with Crippen LogP contribution in [0.3, 0.4) is 0 Å². The third kappa shape index (κ3) is 2.18. The van der Waals surface area contributed by atoms with Gasteiger partial charge >= 0.3 is 0 Å². The topological polar surface area (TPSA) is 48.0 Å². The van der Waals surface area contributed by atoms with Crippen LogP contribution in [0.4, 0.5) is 0 Å². The first-order valence-corrected chi connectivity index (χ1v) is 7.81. The minimum absolute atomic E-state index is 0.417. The number of carbonyl (C=O) groups is 1. The number of hydrogen-bond acceptors (Lipinski definition) is 1. The molecule has 1 heterocycles. The SMILES string of the molecule is NC(=O)c1c(-c2ccccc2)n(-c2ccccc2)c2ccccc12. The van der Waals surface area contributed by atoms with E-state index in [0.717, 1.165) is 27.8 Å². The van der Waals surface area contributed by atoms with E-state index in [-0.39, 0.29) is 0 Å². The Morgan fingerprint density at radius 1 is 0.750 bits per heavy atom. The summed E-state index contributed by atoms with van der Waals surface area (Å²) < 4.78 is 2.10. The fraction of sp³-hybridized carbons (Fsp3) is 0. The maximum absolute atomic E-state index is 12.3. The molecule has 3 heteroatoms. The van der Waals surface area contributed by atoms with E-state index in [0.29, 0.717) is 5.56 Å². The number of amides is 1. The molecule has 3 aromatic carbocycles. The maximum atomic E-state index is 12.3. The fourth-order valence-corrected chi connectivity index (χ4v) is 3.20. The zero-order valence-electron chi connectivity index (χ0n) is 13.0. The van der Waals surface area contributed by atoms with E-state index >= 15 is 0 Å². The highest BCUT2D eigenvalue weighted by Crippen LogP contribution is 2.36. The lowest BCUT2D eigenvalue weighted by Crippen LogP contribution is -2.12. The van der Waals surface area contributed by atoms with Crippen LogP contribution >= 0.6 is 0 Å². The van der Waals surface area contributed by atoms with E-state index in [2.05, 4.69) is 4.57 Å². The summed E-state index contributed by atoms with van der Waals surface area (Å²) in [6.07, 6.45) is 0. The molecule has 0 fully saturated rings. The van der Waals surface area contributed by atoms with Crippen molar-refractivity contribution in [2.45, 2.75) is 0 Å². The van der Waals surface area contributed by atoms with Crippen LogP contribution in [0, 0.1) is 0 Å². The van der Waals surface area contributed by atoms with Gasteiger partial charge in [0, 0.05) is 11.1 Å². The van der Waals surface area contributed by atoms with Gasteiger partial charge in [0.15, 0.2) is 0 Å². The zero-order chi connectivity index (χ0) is 16.5. The van der Waals surface area contributed by atoms with E-state index in [4.69, 9.17) is 5.73 Å². The first-order chi connectivity index (χ1) is 11.8. The number of para-hydroxylation sites is 2. The zero-order valence-corrected chi connectivity index (χ0v) is 13.0. The van der Waals surface area contributed by atoms with Crippen LogP contribution in [-0.4, -0.2) is 10.5 Å². The average molecular weight is 312 g/mol. The summed E-state index contributed by atoms with van der Waals surface area (Å²) in [4.78, 5) is 12.3. The summed E-state index contributed by atoms with van der Waals surface area (Å²) in [5.74, 6) is -0.417. The Morgan fingerprint density at radius 3 is 2.00 bits per heavy atom. The van der Waals surface area contributed by atoms with Gasteiger partial charge in [-0.2, -0.15) is 0 Å². The minimum Gasteiger partial charge on any atom is -0.366 e. The van der Waals surface area contributed by atoms with Crippen molar-refractivity contribution in [3.8, 4) is 16.9 Å². The summed E-state index contributed by atoms with van der Waals surface area (Å²) >= 11 is 0. The molecule has 0 bridgehead atoms. The van der Waals surface area contributed by atoms with Gasteiger partial charge in [-0.1, -0.05) is 66.7 Å². The standard InChI is InChI=1S/C21H16N2O/c22-21(24)19-17-13-7-8-14-18(17)23(16-11-5-2-6-12-16)20(19)15-9-3-1-4-10-15/h1-14H,(H2,22,24). The highest BCUT2D eigenvalue weighted by Gasteiger charge is 2.22. The van der Waals surface area contributed by atoms with Gasteiger partial charge in [0.05, 0.1) is 16.8 Å². The molecule has 1 aromatic heterocycles. The first kappa shape index (κ1) is 14.3. The van der Waals surface area contributed by atoms with Crippen molar-refractivity contribution in [2.75, 3.05) is 0 Å². The van der Waals surface area contributed by atoms with E-state index in [1.165, 1.54) is 0 Å². The van der Waals surface area contributed by atoms with E-state index < -0.39 is 5.91 Å². The summed E-state index contributed by atoms with van der Waals surface area (Å²) in [6.45, 7) is 0. The number of nitrogens with zero attached hydrogens (tertiary/aromatic N) is 1. The highest BCUT2D eigenvalue weighted by molar-refractivity contribution is 6.12. The highest BCUT2D eigenvalue weighted by atomic mass is 16.1. The van der Waals surface area contributed by atoms with E-state index in [9.17, 15) is 4.79 Å². The molecular weight excluding hydrogens is 296 g/mol. The number of fused-ring (bicyclic) bond motifs is 1. The molecule has 0 unspecified atom stereocenters. The van der Waals surface area contributed by atoms with Gasteiger partial charge in [0.1, 0.15) is 0 Å². The number of benzene rings is 3. The Kier molecular flexibility index (Phi) is 3.39. The Bertz CT molecular complexity index is 1020. The minimum atomic E-state index is -0.417. The van der Waals surface area contributed by atoms with Crippen LogP contribution in [0.1, 0.15) is 10.4 Å². The largest absolute Gasteiger partial charge is 0.366 e. The molecule has 24 heavy (non-hydrogen) atoms. The van der Waals surface area contributed by atoms with Crippen LogP contribution in [0.5, 0.6) is 0 Å². The molecule has 1 amide bonds.